The van der Waals surface area contributed by atoms with E-state index in [4.69, 9.17) is 0 Å². The predicted octanol–water partition coefficient (Wildman–Crippen LogP) is 5.07. The van der Waals surface area contributed by atoms with Gasteiger partial charge < -0.3 is 5.11 Å². The number of benzene rings is 1. The average Bonchev–Trinajstić information content (AvgIpc) is 2.89. The first-order chi connectivity index (χ1) is 8.61. The van der Waals surface area contributed by atoms with Crippen molar-refractivity contribution in [3.63, 3.8) is 0 Å². The van der Waals surface area contributed by atoms with E-state index in [0.717, 1.165) is 38.7 Å². The fourth-order valence-electron chi connectivity index (χ4n) is 3.86. The fraction of sp³-hybridized carbons (Fsp3) is 0.600. The zero-order valence-corrected chi connectivity index (χ0v) is 13.5. The van der Waals surface area contributed by atoms with E-state index in [-0.39, 0.29) is 6.10 Å². The van der Waals surface area contributed by atoms with Gasteiger partial charge in [-0.2, -0.15) is 0 Å². The van der Waals surface area contributed by atoms with Crippen molar-refractivity contribution in [3.8, 4) is 0 Å². The molecule has 3 rings (SSSR count). The summed E-state index contributed by atoms with van der Waals surface area (Å²) in [7, 11) is 0. The first-order valence-corrected chi connectivity index (χ1v) is 8.34. The molecule has 2 bridgehead atoms. The van der Waals surface area contributed by atoms with Gasteiger partial charge in [-0.1, -0.05) is 38.3 Å². The summed E-state index contributed by atoms with van der Waals surface area (Å²) in [5.74, 6) is 2.60. The van der Waals surface area contributed by atoms with E-state index in [1.807, 2.05) is 18.2 Å². The molecule has 4 unspecified atom stereocenters. The van der Waals surface area contributed by atoms with Crippen molar-refractivity contribution in [3.05, 3.63) is 32.7 Å². The summed E-state index contributed by atoms with van der Waals surface area (Å²) in [5, 5.41) is 10.4. The molecule has 3 heteroatoms. The van der Waals surface area contributed by atoms with Crippen molar-refractivity contribution in [2.24, 2.45) is 17.8 Å². The minimum atomic E-state index is -0.317. The third kappa shape index (κ3) is 2.68. The van der Waals surface area contributed by atoms with Crippen LogP contribution in [-0.2, 0) is 0 Å². The first kappa shape index (κ1) is 13.1. The number of hydrogen-bond donors (Lipinski definition) is 1. The van der Waals surface area contributed by atoms with Crippen molar-refractivity contribution in [1.29, 1.82) is 0 Å². The van der Waals surface area contributed by atoms with Gasteiger partial charge in [0.2, 0.25) is 0 Å². The van der Waals surface area contributed by atoms with E-state index < -0.39 is 0 Å². The highest BCUT2D eigenvalue weighted by atomic mass is 79.9. The lowest BCUT2D eigenvalue weighted by Crippen LogP contribution is -2.14. The number of hydrogen-bond acceptors (Lipinski definition) is 1. The normalized spacial score (nSPS) is 31.8. The molecule has 2 saturated carbocycles. The number of fused-ring (bicyclic) bond motifs is 2. The standard InChI is InChI=1S/C15H18Br2O/c16-13-5-12(6-14(17)8-13)15(18)7-11-4-9-1-2-10(11)3-9/h5-6,8-11,15,18H,1-4,7H2. The van der Waals surface area contributed by atoms with Gasteiger partial charge in [0, 0.05) is 8.95 Å². The molecule has 98 valence electrons. The topological polar surface area (TPSA) is 20.2 Å². The summed E-state index contributed by atoms with van der Waals surface area (Å²) in [6, 6.07) is 6.07. The van der Waals surface area contributed by atoms with Gasteiger partial charge in [-0.3, -0.25) is 0 Å². The second-order valence-corrected chi connectivity index (χ2v) is 7.72. The minimum absolute atomic E-state index is 0.317. The Hall–Kier alpha value is 0.140. The van der Waals surface area contributed by atoms with Crippen molar-refractivity contribution < 1.29 is 5.11 Å². The molecule has 0 amide bonds. The average molecular weight is 374 g/mol. The van der Waals surface area contributed by atoms with Crippen LogP contribution >= 0.6 is 31.9 Å². The summed E-state index contributed by atoms with van der Waals surface area (Å²) in [5.41, 5.74) is 1.03. The maximum atomic E-state index is 10.4. The smallest absolute Gasteiger partial charge is 0.0793 e. The summed E-state index contributed by atoms with van der Waals surface area (Å²) >= 11 is 6.97. The Labute approximate surface area is 125 Å². The SMILES string of the molecule is OC(CC1CC2CCC1C2)c1cc(Br)cc(Br)c1. The van der Waals surface area contributed by atoms with Crippen LogP contribution in [0.25, 0.3) is 0 Å². The van der Waals surface area contributed by atoms with Crippen LogP contribution in [0.2, 0.25) is 0 Å². The maximum Gasteiger partial charge on any atom is 0.0793 e. The second-order valence-electron chi connectivity index (χ2n) is 5.89. The summed E-state index contributed by atoms with van der Waals surface area (Å²) in [6.07, 6.45) is 6.20. The monoisotopic (exact) mass is 372 g/mol. The van der Waals surface area contributed by atoms with Gasteiger partial charge in [0.05, 0.1) is 6.10 Å². The third-order valence-electron chi connectivity index (χ3n) is 4.68. The highest BCUT2D eigenvalue weighted by Crippen LogP contribution is 2.51. The molecule has 1 aromatic carbocycles. The Balaban J connectivity index is 1.69. The van der Waals surface area contributed by atoms with Crippen LogP contribution in [0.15, 0.2) is 27.1 Å². The molecule has 1 N–H and O–H groups in total. The van der Waals surface area contributed by atoms with E-state index in [1.165, 1.54) is 25.7 Å². The minimum Gasteiger partial charge on any atom is -0.388 e. The predicted molar refractivity (Wildman–Crippen MR) is 80.4 cm³/mol. The lowest BCUT2D eigenvalue weighted by Gasteiger charge is -2.24. The van der Waals surface area contributed by atoms with E-state index >= 15 is 0 Å². The molecule has 0 heterocycles. The highest BCUT2D eigenvalue weighted by Gasteiger charge is 2.40. The van der Waals surface area contributed by atoms with Crippen molar-refractivity contribution in [2.75, 3.05) is 0 Å². The van der Waals surface area contributed by atoms with Crippen LogP contribution in [0.4, 0.5) is 0 Å². The molecule has 2 aliphatic carbocycles. The molecule has 0 aliphatic heterocycles. The fourth-order valence-corrected chi connectivity index (χ4v) is 5.18. The quantitative estimate of drug-likeness (QED) is 0.783. The van der Waals surface area contributed by atoms with Crippen LogP contribution in [0.5, 0.6) is 0 Å². The largest absolute Gasteiger partial charge is 0.388 e. The van der Waals surface area contributed by atoms with E-state index in [2.05, 4.69) is 31.9 Å². The van der Waals surface area contributed by atoms with Gasteiger partial charge >= 0.3 is 0 Å². The Morgan fingerprint density at radius 3 is 2.39 bits per heavy atom. The molecule has 0 spiro atoms. The van der Waals surface area contributed by atoms with Crippen LogP contribution in [0.1, 0.15) is 43.8 Å². The van der Waals surface area contributed by atoms with Crippen molar-refractivity contribution >= 4 is 31.9 Å². The van der Waals surface area contributed by atoms with Crippen LogP contribution in [0, 0.1) is 17.8 Å². The van der Waals surface area contributed by atoms with Crippen LogP contribution < -0.4 is 0 Å². The van der Waals surface area contributed by atoms with Gasteiger partial charge in [0.1, 0.15) is 0 Å². The summed E-state index contributed by atoms with van der Waals surface area (Å²) in [4.78, 5) is 0. The lowest BCUT2D eigenvalue weighted by atomic mass is 9.83. The zero-order valence-electron chi connectivity index (χ0n) is 10.3. The van der Waals surface area contributed by atoms with Crippen LogP contribution in [0.3, 0.4) is 0 Å². The van der Waals surface area contributed by atoms with Crippen molar-refractivity contribution in [2.45, 2.75) is 38.2 Å². The van der Waals surface area contributed by atoms with E-state index in [9.17, 15) is 5.11 Å². The molecule has 4 atom stereocenters. The Morgan fingerprint density at radius 2 is 1.83 bits per heavy atom. The molecule has 2 fully saturated rings. The molecule has 1 aromatic rings. The first-order valence-electron chi connectivity index (χ1n) is 6.76. The Morgan fingerprint density at radius 1 is 1.11 bits per heavy atom. The molecule has 0 radical (unpaired) electrons. The van der Waals surface area contributed by atoms with Gasteiger partial charge in [0.25, 0.3) is 0 Å². The third-order valence-corrected chi connectivity index (χ3v) is 5.60. The zero-order chi connectivity index (χ0) is 12.7. The Kier molecular flexibility index (Phi) is 3.84. The molecule has 1 nitrogen and oxygen atoms in total. The second kappa shape index (κ2) is 5.26. The Bertz CT molecular complexity index is 426. The number of aliphatic hydroxyl groups excluding tert-OH is 1. The molecule has 0 saturated heterocycles. The van der Waals surface area contributed by atoms with Gasteiger partial charge in [-0.05, 0) is 67.2 Å². The number of rotatable bonds is 3. The van der Waals surface area contributed by atoms with E-state index in [1.54, 1.807) is 0 Å². The molecule has 18 heavy (non-hydrogen) atoms. The highest BCUT2D eigenvalue weighted by molar-refractivity contribution is 9.11. The lowest BCUT2D eigenvalue weighted by molar-refractivity contribution is 0.125. The van der Waals surface area contributed by atoms with Gasteiger partial charge in [-0.25, -0.2) is 0 Å². The molecular formula is C15H18Br2O. The molecule has 2 aliphatic rings. The van der Waals surface area contributed by atoms with Crippen molar-refractivity contribution in [1.82, 2.24) is 0 Å². The van der Waals surface area contributed by atoms with Crippen LogP contribution in [-0.4, -0.2) is 5.11 Å². The number of aliphatic hydroxyl groups is 1. The molecule has 0 aromatic heterocycles. The van der Waals surface area contributed by atoms with Gasteiger partial charge in [0.15, 0.2) is 0 Å². The number of halogens is 2. The van der Waals surface area contributed by atoms with E-state index in [0.29, 0.717) is 0 Å². The van der Waals surface area contributed by atoms with Gasteiger partial charge in [-0.15, -0.1) is 0 Å². The molecular weight excluding hydrogens is 356 g/mol. The summed E-state index contributed by atoms with van der Waals surface area (Å²) < 4.78 is 2.05. The summed E-state index contributed by atoms with van der Waals surface area (Å²) in [6.45, 7) is 0. The maximum absolute atomic E-state index is 10.4.